The summed E-state index contributed by atoms with van der Waals surface area (Å²) in [4.78, 5) is 0. The van der Waals surface area contributed by atoms with Gasteiger partial charge >= 0.3 is 0 Å². The summed E-state index contributed by atoms with van der Waals surface area (Å²) < 4.78 is 0. The van der Waals surface area contributed by atoms with E-state index in [9.17, 15) is 0 Å². The van der Waals surface area contributed by atoms with Gasteiger partial charge in [-0.15, -0.1) is 0 Å². The summed E-state index contributed by atoms with van der Waals surface area (Å²) in [7, 11) is 0. The van der Waals surface area contributed by atoms with Gasteiger partial charge in [0.05, 0.1) is 0 Å². The molecule has 2 rings (SSSR count). The molecule has 0 aliphatic heterocycles. The lowest BCUT2D eigenvalue weighted by atomic mass is 9.68. The van der Waals surface area contributed by atoms with E-state index in [-0.39, 0.29) is 0 Å². The van der Waals surface area contributed by atoms with Gasteiger partial charge in [-0.1, -0.05) is 45.0 Å². The summed E-state index contributed by atoms with van der Waals surface area (Å²) in [6.07, 6.45) is 5.44. The first-order chi connectivity index (χ1) is 8.50. The highest BCUT2D eigenvalue weighted by atomic mass is 14.5. The summed E-state index contributed by atoms with van der Waals surface area (Å²) in [6, 6.07) is 8.88. The Labute approximate surface area is 112 Å². The van der Waals surface area contributed by atoms with Gasteiger partial charge in [0, 0.05) is 6.54 Å². The van der Waals surface area contributed by atoms with E-state index in [1.54, 1.807) is 0 Å². The molecule has 0 spiro atoms. The molecule has 1 aliphatic carbocycles. The van der Waals surface area contributed by atoms with Crippen LogP contribution in [0.15, 0.2) is 24.3 Å². The first-order valence-electron chi connectivity index (χ1n) is 7.29. The lowest BCUT2D eigenvalue weighted by molar-refractivity contribution is 0.169. The van der Waals surface area contributed by atoms with E-state index >= 15 is 0 Å². The van der Waals surface area contributed by atoms with Crippen molar-refractivity contribution in [3.05, 3.63) is 35.4 Å². The average Bonchev–Trinajstić information content (AvgIpc) is 2.38. The van der Waals surface area contributed by atoms with Crippen molar-refractivity contribution in [3.8, 4) is 0 Å². The molecule has 0 heterocycles. The van der Waals surface area contributed by atoms with Crippen LogP contribution in [0, 0.1) is 11.3 Å². The maximum Gasteiger partial charge on any atom is 0.0178 e. The quantitative estimate of drug-likeness (QED) is 0.817. The molecule has 1 aromatic carbocycles. The molecule has 1 aromatic rings. The zero-order valence-corrected chi connectivity index (χ0v) is 12.1. The van der Waals surface area contributed by atoms with Gasteiger partial charge in [0.2, 0.25) is 0 Å². The molecule has 0 saturated heterocycles. The minimum absolute atomic E-state index is 0.476. The Kier molecular flexibility index (Phi) is 4.11. The highest BCUT2D eigenvalue weighted by Crippen LogP contribution is 2.43. The highest BCUT2D eigenvalue weighted by Gasteiger charge is 2.30. The predicted octanol–water partition coefficient (Wildman–Crippen LogP) is 4.47. The molecular weight excluding hydrogens is 218 g/mol. The van der Waals surface area contributed by atoms with Crippen LogP contribution in [0.4, 0.5) is 0 Å². The van der Waals surface area contributed by atoms with Gasteiger partial charge in [0.15, 0.2) is 0 Å². The molecule has 1 nitrogen and oxygen atoms in total. The molecule has 18 heavy (non-hydrogen) atoms. The molecule has 2 N–H and O–H groups in total. The third-order valence-corrected chi connectivity index (χ3v) is 4.61. The van der Waals surface area contributed by atoms with Crippen molar-refractivity contribution >= 4 is 0 Å². The minimum atomic E-state index is 0.476. The van der Waals surface area contributed by atoms with Crippen LogP contribution in [-0.4, -0.2) is 0 Å². The molecule has 1 saturated carbocycles. The maximum absolute atomic E-state index is 5.73. The van der Waals surface area contributed by atoms with Crippen molar-refractivity contribution in [1.82, 2.24) is 0 Å². The van der Waals surface area contributed by atoms with E-state index in [1.165, 1.54) is 36.8 Å². The van der Waals surface area contributed by atoms with Crippen LogP contribution in [-0.2, 0) is 6.54 Å². The van der Waals surface area contributed by atoms with Crippen molar-refractivity contribution < 1.29 is 0 Å². The molecule has 1 aliphatic rings. The Balaban J connectivity index is 2.01. The maximum atomic E-state index is 5.73. The largest absolute Gasteiger partial charge is 0.326 e. The molecule has 0 atom stereocenters. The molecule has 0 unspecified atom stereocenters. The first-order valence-corrected chi connectivity index (χ1v) is 7.29. The smallest absolute Gasteiger partial charge is 0.0178 e. The number of rotatable bonds is 2. The van der Waals surface area contributed by atoms with Gasteiger partial charge in [-0.2, -0.15) is 0 Å². The summed E-state index contributed by atoms with van der Waals surface area (Å²) in [5.41, 5.74) is 8.98. The van der Waals surface area contributed by atoms with E-state index < -0.39 is 0 Å². The second-order valence-corrected chi connectivity index (χ2v) is 6.86. The van der Waals surface area contributed by atoms with Gasteiger partial charge in [-0.25, -0.2) is 0 Å². The highest BCUT2D eigenvalue weighted by molar-refractivity contribution is 5.26. The van der Waals surface area contributed by atoms with Crippen LogP contribution >= 0.6 is 0 Å². The van der Waals surface area contributed by atoms with E-state index in [1.807, 2.05) is 0 Å². The Hall–Kier alpha value is -0.820. The molecule has 0 amide bonds. The zero-order valence-electron chi connectivity index (χ0n) is 12.1. The average molecular weight is 245 g/mol. The van der Waals surface area contributed by atoms with Crippen LogP contribution < -0.4 is 5.73 Å². The monoisotopic (exact) mass is 245 g/mol. The molecular formula is C17H27N. The molecule has 1 fully saturated rings. The number of hydrogen-bond acceptors (Lipinski definition) is 1. The lowest BCUT2D eigenvalue weighted by Crippen LogP contribution is -2.25. The van der Waals surface area contributed by atoms with Crippen molar-refractivity contribution in [1.29, 1.82) is 0 Å². The van der Waals surface area contributed by atoms with Gasteiger partial charge in [-0.3, -0.25) is 0 Å². The number of benzene rings is 1. The van der Waals surface area contributed by atoms with Gasteiger partial charge in [0.25, 0.3) is 0 Å². The fourth-order valence-electron chi connectivity index (χ4n) is 3.27. The van der Waals surface area contributed by atoms with Crippen LogP contribution in [0.3, 0.4) is 0 Å². The molecule has 100 valence electrons. The van der Waals surface area contributed by atoms with Crippen LogP contribution in [0.5, 0.6) is 0 Å². The summed E-state index contributed by atoms with van der Waals surface area (Å²) in [5, 5.41) is 0. The van der Waals surface area contributed by atoms with Crippen LogP contribution in [0.2, 0.25) is 0 Å². The molecule has 0 aromatic heterocycles. The normalized spacial score (nSPS) is 25.1. The Morgan fingerprint density at radius 3 is 2.33 bits per heavy atom. The van der Waals surface area contributed by atoms with Crippen LogP contribution in [0.1, 0.15) is 63.5 Å². The van der Waals surface area contributed by atoms with E-state index in [4.69, 9.17) is 5.73 Å². The van der Waals surface area contributed by atoms with E-state index in [0.717, 1.165) is 11.8 Å². The Bertz CT molecular complexity index is 381. The summed E-state index contributed by atoms with van der Waals surface area (Å²) in [6.45, 7) is 7.80. The van der Waals surface area contributed by atoms with E-state index in [2.05, 4.69) is 45.0 Å². The Morgan fingerprint density at radius 2 is 1.78 bits per heavy atom. The minimum Gasteiger partial charge on any atom is -0.326 e. The zero-order chi connectivity index (χ0) is 13.2. The van der Waals surface area contributed by atoms with Gasteiger partial charge in [0.1, 0.15) is 0 Å². The molecule has 1 heteroatoms. The first kappa shape index (κ1) is 13.6. The van der Waals surface area contributed by atoms with Gasteiger partial charge < -0.3 is 5.73 Å². The van der Waals surface area contributed by atoms with Gasteiger partial charge in [-0.05, 0) is 54.1 Å². The standard InChI is InChI=1S/C17H27N/c1-17(2,3)16-9-7-14(8-10-16)15-6-4-5-13(11-15)12-18/h4-6,11,14,16H,7-10,12,18H2,1-3H3. The molecule has 0 bridgehead atoms. The van der Waals surface area contributed by atoms with Crippen molar-refractivity contribution in [2.24, 2.45) is 17.1 Å². The number of nitrogens with two attached hydrogens (primary N) is 1. The second kappa shape index (κ2) is 5.44. The van der Waals surface area contributed by atoms with E-state index in [0.29, 0.717) is 12.0 Å². The third kappa shape index (κ3) is 3.14. The topological polar surface area (TPSA) is 26.0 Å². The fourth-order valence-corrected chi connectivity index (χ4v) is 3.27. The third-order valence-electron chi connectivity index (χ3n) is 4.61. The predicted molar refractivity (Wildman–Crippen MR) is 78.5 cm³/mol. The second-order valence-electron chi connectivity index (χ2n) is 6.86. The van der Waals surface area contributed by atoms with Crippen molar-refractivity contribution in [2.45, 2.75) is 58.9 Å². The fraction of sp³-hybridized carbons (Fsp3) is 0.647. The SMILES string of the molecule is CC(C)(C)C1CCC(c2cccc(CN)c2)CC1. The Morgan fingerprint density at radius 1 is 1.11 bits per heavy atom. The molecule has 0 radical (unpaired) electrons. The van der Waals surface area contributed by atoms with Crippen LogP contribution in [0.25, 0.3) is 0 Å². The lowest BCUT2D eigenvalue weighted by Gasteiger charge is -2.37. The summed E-state index contributed by atoms with van der Waals surface area (Å²) in [5.74, 6) is 1.65. The summed E-state index contributed by atoms with van der Waals surface area (Å²) >= 11 is 0. The van der Waals surface area contributed by atoms with Crippen molar-refractivity contribution in [3.63, 3.8) is 0 Å². The van der Waals surface area contributed by atoms with Crippen molar-refractivity contribution in [2.75, 3.05) is 0 Å². The number of hydrogen-bond donors (Lipinski definition) is 1.